The molecule has 0 saturated carbocycles. The Kier molecular flexibility index (Phi) is 2.37. The van der Waals surface area contributed by atoms with E-state index in [9.17, 15) is 4.79 Å². The molecule has 0 fully saturated rings. The van der Waals surface area contributed by atoms with Gasteiger partial charge in [0.1, 0.15) is 5.52 Å². The third-order valence-electron chi connectivity index (χ3n) is 2.18. The zero-order chi connectivity index (χ0) is 10.8. The predicted molar refractivity (Wildman–Crippen MR) is 58.5 cm³/mol. The van der Waals surface area contributed by atoms with Crippen LogP contribution in [0.15, 0.2) is 23.0 Å². The lowest BCUT2D eigenvalue weighted by atomic mass is 10.2. The Morgan fingerprint density at radius 1 is 1.47 bits per heavy atom. The summed E-state index contributed by atoms with van der Waals surface area (Å²) in [7, 11) is 0. The summed E-state index contributed by atoms with van der Waals surface area (Å²) in [4.78, 5) is 11.8. The molecule has 0 amide bonds. The third kappa shape index (κ3) is 1.68. The maximum absolute atomic E-state index is 11.8. The highest BCUT2D eigenvalue weighted by Gasteiger charge is 2.04. The van der Waals surface area contributed by atoms with Crippen LogP contribution in [0.5, 0.6) is 0 Å². The average molecular weight is 204 g/mol. The van der Waals surface area contributed by atoms with Crippen molar-refractivity contribution in [2.45, 2.75) is 19.9 Å². The number of aromatic nitrogens is 3. The van der Waals surface area contributed by atoms with Gasteiger partial charge in [0.25, 0.3) is 5.56 Å². The Labute approximate surface area is 86.5 Å². The highest BCUT2D eigenvalue weighted by atomic mass is 16.1. The number of nitrogen functional groups attached to an aromatic ring is 1. The van der Waals surface area contributed by atoms with Crippen LogP contribution in [0.3, 0.4) is 0 Å². The molecule has 1 heterocycles. The van der Waals surface area contributed by atoms with E-state index >= 15 is 0 Å². The van der Waals surface area contributed by atoms with E-state index in [1.165, 1.54) is 4.68 Å². The van der Waals surface area contributed by atoms with Crippen molar-refractivity contribution in [3.05, 3.63) is 28.6 Å². The van der Waals surface area contributed by atoms with Crippen LogP contribution < -0.4 is 11.3 Å². The van der Waals surface area contributed by atoms with Gasteiger partial charge in [-0.1, -0.05) is 12.1 Å². The van der Waals surface area contributed by atoms with Gasteiger partial charge in [-0.3, -0.25) is 4.79 Å². The summed E-state index contributed by atoms with van der Waals surface area (Å²) in [5, 5.41) is 8.35. The van der Waals surface area contributed by atoms with Crippen LogP contribution in [0.2, 0.25) is 0 Å². The largest absolute Gasteiger partial charge is 0.399 e. The Balaban J connectivity index is 2.69. The maximum atomic E-state index is 11.8. The second kappa shape index (κ2) is 3.68. The molecule has 1 aromatic carbocycles. The Hall–Kier alpha value is -1.91. The molecule has 0 radical (unpaired) electrons. The fourth-order valence-electron chi connectivity index (χ4n) is 1.45. The zero-order valence-electron chi connectivity index (χ0n) is 8.47. The van der Waals surface area contributed by atoms with Gasteiger partial charge in [-0.15, -0.1) is 5.10 Å². The number of hydrogen-bond donors (Lipinski definition) is 1. The SMILES string of the molecule is CCCn1nnc2cc(N)ccc2c1=O. The van der Waals surface area contributed by atoms with Gasteiger partial charge < -0.3 is 5.73 Å². The number of benzene rings is 1. The van der Waals surface area contributed by atoms with Crippen molar-refractivity contribution >= 4 is 16.6 Å². The molecule has 1 aromatic heterocycles. The number of aryl methyl sites for hydroxylation is 1. The molecule has 2 rings (SSSR count). The summed E-state index contributed by atoms with van der Waals surface area (Å²) in [6, 6.07) is 5.04. The second-order valence-electron chi connectivity index (χ2n) is 3.39. The first-order valence-corrected chi connectivity index (χ1v) is 4.85. The summed E-state index contributed by atoms with van der Waals surface area (Å²) in [6.07, 6.45) is 0.856. The number of anilines is 1. The number of nitrogens with two attached hydrogens (primary N) is 1. The number of nitrogens with zero attached hydrogens (tertiary/aromatic N) is 3. The summed E-state index contributed by atoms with van der Waals surface area (Å²) in [6.45, 7) is 2.58. The number of hydrogen-bond acceptors (Lipinski definition) is 4. The van der Waals surface area contributed by atoms with Crippen molar-refractivity contribution in [3.63, 3.8) is 0 Å². The Morgan fingerprint density at radius 3 is 3.00 bits per heavy atom. The Bertz CT molecular complexity index is 547. The topological polar surface area (TPSA) is 73.8 Å². The predicted octanol–water partition coefficient (Wildman–Crippen LogP) is 0.784. The molecular weight excluding hydrogens is 192 g/mol. The molecule has 0 spiro atoms. The molecule has 0 aliphatic heterocycles. The fourth-order valence-corrected chi connectivity index (χ4v) is 1.45. The molecule has 15 heavy (non-hydrogen) atoms. The molecule has 0 saturated heterocycles. The van der Waals surface area contributed by atoms with Gasteiger partial charge in [-0.25, -0.2) is 4.68 Å². The van der Waals surface area contributed by atoms with Crippen LogP contribution in [0.4, 0.5) is 5.69 Å². The minimum absolute atomic E-state index is 0.109. The molecular formula is C10H12N4O. The van der Waals surface area contributed by atoms with Gasteiger partial charge >= 0.3 is 0 Å². The quantitative estimate of drug-likeness (QED) is 0.734. The lowest BCUT2D eigenvalue weighted by Gasteiger charge is -2.02. The smallest absolute Gasteiger partial charge is 0.277 e. The van der Waals surface area contributed by atoms with E-state index in [2.05, 4.69) is 10.3 Å². The van der Waals surface area contributed by atoms with E-state index in [0.29, 0.717) is 23.1 Å². The van der Waals surface area contributed by atoms with Gasteiger partial charge in [-0.2, -0.15) is 0 Å². The maximum Gasteiger partial charge on any atom is 0.277 e. The highest BCUT2D eigenvalue weighted by Crippen LogP contribution is 2.10. The van der Waals surface area contributed by atoms with Gasteiger partial charge in [0.2, 0.25) is 0 Å². The molecule has 78 valence electrons. The molecule has 2 aromatic rings. The molecule has 5 heteroatoms. The first kappa shape index (κ1) is 9.64. The summed E-state index contributed by atoms with van der Waals surface area (Å²) in [5.74, 6) is 0. The van der Waals surface area contributed by atoms with Crippen LogP contribution in [0, 0.1) is 0 Å². The van der Waals surface area contributed by atoms with Crippen molar-refractivity contribution in [2.75, 3.05) is 5.73 Å². The molecule has 5 nitrogen and oxygen atoms in total. The second-order valence-corrected chi connectivity index (χ2v) is 3.39. The van der Waals surface area contributed by atoms with E-state index in [-0.39, 0.29) is 5.56 Å². The van der Waals surface area contributed by atoms with Crippen LogP contribution in [0.1, 0.15) is 13.3 Å². The van der Waals surface area contributed by atoms with Crippen LogP contribution in [-0.4, -0.2) is 15.0 Å². The van der Waals surface area contributed by atoms with E-state index < -0.39 is 0 Å². The van der Waals surface area contributed by atoms with Crippen LogP contribution in [0.25, 0.3) is 10.9 Å². The normalized spacial score (nSPS) is 10.7. The monoisotopic (exact) mass is 204 g/mol. The van der Waals surface area contributed by atoms with Gasteiger partial charge in [0.15, 0.2) is 0 Å². The van der Waals surface area contributed by atoms with Gasteiger partial charge in [0, 0.05) is 12.2 Å². The van der Waals surface area contributed by atoms with E-state index in [1.807, 2.05) is 6.92 Å². The van der Waals surface area contributed by atoms with Crippen LogP contribution >= 0.6 is 0 Å². The lowest BCUT2D eigenvalue weighted by Crippen LogP contribution is -2.24. The lowest BCUT2D eigenvalue weighted by molar-refractivity contribution is 0.541. The highest BCUT2D eigenvalue weighted by molar-refractivity contribution is 5.80. The molecule has 0 atom stereocenters. The molecule has 0 unspecified atom stereocenters. The van der Waals surface area contributed by atoms with E-state index in [4.69, 9.17) is 5.73 Å². The summed E-state index contributed by atoms with van der Waals surface area (Å²) in [5.41, 5.74) is 6.62. The van der Waals surface area contributed by atoms with Crippen molar-refractivity contribution in [3.8, 4) is 0 Å². The number of fused-ring (bicyclic) bond motifs is 1. The molecule has 2 N–H and O–H groups in total. The molecule has 0 aliphatic carbocycles. The minimum atomic E-state index is -0.109. The zero-order valence-corrected chi connectivity index (χ0v) is 8.47. The van der Waals surface area contributed by atoms with E-state index in [1.54, 1.807) is 18.2 Å². The fraction of sp³-hybridized carbons (Fsp3) is 0.300. The van der Waals surface area contributed by atoms with E-state index in [0.717, 1.165) is 6.42 Å². The molecule has 0 bridgehead atoms. The van der Waals surface area contributed by atoms with Gasteiger partial charge in [0.05, 0.1) is 5.39 Å². The summed E-state index contributed by atoms with van der Waals surface area (Å²) >= 11 is 0. The standard InChI is InChI=1S/C10H12N4O/c1-2-5-14-10(15)8-4-3-7(11)6-9(8)12-13-14/h3-4,6H,2,5,11H2,1H3. The van der Waals surface area contributed by atoms with Gasteiger partial charge in [-0.05, 0) is 24.6 Å². The third-order valence-corrected chi connectivity index (χ3v) is 2.18. The first-order chi connectivity index (χ1) is 7.22. The summed E-state index contributed by atoms with van der Waals surface area (Å²) < 4.78 is 1.37. The van der Waals surface area contributed by atoms with Crippen LogP contribution in [-0.2, 0) is 6.54 Å². The first-order valence-electron chi connectivity index (χ1n) is 4.85. The van der Waals surface area contributed by atoms with Crippen molar-refractivity contribution in [1.29, 1.82) is 0 Å². The average Bonchev–Trinajstić information content (AvgIpc) is 2.22. The molecule has 0 aliphatic rings. The minimum Gasteiger partial charge on any atom is -0.399 e. The van der Waals surface area contributed by atoms with Crippen molar-refractivity contribution in [1.82, 2.24) is 15.0 Å². The number of rotatable bonds is 2. The van der Waals surface area contributed by atoms with Crippen molar-refractivity contribution < 1.29 is 0 Å². The Morgan fingerprint density at radius 2 is 2.27 bits per heavy atom. The van der Waals surface area contributed by atoms with Crippen molar-refractivity contribution in [2.24, 2.45) is 0 Å².